The van der Waals surface area contributed by atoms with Gasteiger partial charge in [-0.25, -0.2) is 0 Å². The fourth-order valence-corrected chi connectivity index (χ4v) is 2.60. The number of hydrogen-bond donors (Lipinski definition) is 2. The molecule has 0 bridgehead atoms. The van der Waals surface area contributed by atoms with Gasteiger partial charge in [-0.15, -0.1) is 24.8 Å². The number of hydrogen-bond acceptors (Lipinski definition) is 3. The number of halogens is 2. The molecule has 1 aliphatic carbocycles. The summed E-state index contributed by atoms with van der Waals surface area (Å²) >= 11 is 0. The Kier molecular flexibility index (Phi) is 9.79. The standard InChI is InChI=1S/C13H25N3O.2ClH/c1-2-16(12-3-4-12)8-7-15-13(17)9-11-5-6-14-10-11;;/h11-12,14H,2-10H2,1H3,(H,15,17);2*1H. The first-order valence-electron chi connectivity index (χ1n) is 7.01. The number of amides is 1. The summed E-state index contributed by atoms with van der Waals surface area (Å²) in [5.74, 6) is 0.784. The Morgan fingerprint density at radius 2 is 2.05 bits per heavy atom. The number of rotatable bonds is 7. The van der Waals surface area contributed by atoms with E-state index in [1.54, 1.807) is 0 Å². The van der Waals surface area contributed by atoms with Crippen LogP contribution >= 0.6 is 24.8 Å². The molecule has 19 heavy (non-hydrogen) atoms. The lowest BCUT2D eigenvalue weighted by atomic mass is 10.0. The van der Waals surface area contributed by atoms with E-state index in [1.165, 1.54) is 12.8 Å². The van der Waals surface area contributed by atoms with Crippen molar-refractivity contribution >= 4 is 30.7 Å². The fraction of sp³-hybridized carbons (Fsp3) is 0.923. The summed E-state index contributed by atoms with van der Waals surface area (Å²) in [6, 6.07) is 0.802. The Labute approximate surface area is 128 Å². The van der Waals surface area contributed by atoms with Crippen molar-refractivity contribution in [2.24, 2.45) is 5.92 Å². The fourth-order valence-electron chi connectivity index (χ4n) is 2.60. The number of carbonyl (C=O) groups is 1. The van der Waals surface area contributed by atoms with Crippen molar-refractivity contribution in [1.29, 1.82) is 0 Å². The lowest BCUT2D eigenvalue weighted by Gasteiger charge is -2.20. The summed E-state index contributed by atoms with van der Waals surface area (Å²) in [4.78, 5) is 14.2. The molecule has 0 aromatic rings. The molecule has 0 aromatic carbocycles. The third kappa shape index (κ3) is 6.80. The average Bonchev–Trinajstić information content (AvgIpc) is 3.03. The first kappa shape index (κ1) is 19.0. The van der Waals surface area contributed by atoms with Crippen LogP contribution in [-0.2, 0) is 4.79 Å². The maximum atomic E-state index is 11.7. The number of likely N-dealkylation sites (N-methyl/N-ethyl adjacent to an activating group) is 1. The Balaban J connectivity index is 0.00000162. The SMILES string of the molecule is CCN(CCNC(=O)CC1CCNC1)C1CC1.Cl.Cl. The van der Waals surface area contributed by atoms with E-state index in [1.807, 2.05) is 0 Å². The molecule has 1 aliphatic heterocycles. The summed E-state index contributed by atoms with van der Waals surface area (Å²) < 4.78 is 0. The van der Waals surface area contributed by atoms with Crippen LogP contribution in [-0.4, -0.2) is 49.6 Å². The van der Waals surface area contributed by atoms with E-state index in [0.29, 0.717) is 12.3 Å². The number of carbonyl (C=O) groups excluding carboxylic acids is 1. The van der Waals surface area contributed by atoms with Gasteiger partial charge in [0.2, 0.25) is 5.91 Å². The molecule has 2 fully saturated rings. The van der Waals surface area contributed by atoms with Crippen molar-refractivity contribution in [3.63, 3.8) is 0 Å². The van der Waals surface area contributed by atoms with Gasteiger partial charge in [0, 0.05) is 25.6 Å². The summed E-state index contributed by atoms with van der Waals surface area (Å²) in [5, 5.41) is 6.34. The largest absolute Gasteiger partial charge is 0.355 e. The van der Waals surface area contributed by atoms with Crippen LogP contribution in [0.4, 0.5) is 0 Å². The van der Waals surface area contributed by atoms with E-state index < -0.39 is 0 Å². The minimum Gasteiger partial charge on any atom is -0.355 e. The van der Waals surface area contributed by atoms with Gasteiger partial charge in [0.05, 0.1) is 0 Å². The van der Waals surface area contributed by atoms with E-state index >= 15 is 0 Å². The minimum atomic E-state index is 0. The van der Waals surface area contributed by atoms with Crippen molar-refractivity contribution in [1.82, 2.24) is 15.5 Å². The van der Waals surface area contributed by atoms with Crippen molar-refractivity contribution in [2.45, 2.75) is 38.6 Å². The molecule has 4 nitrogen and oxygen atoms in total. The van der Waals surface area contributed by atoms with Crippen LogP contribution in [0.2, 0.25) is 0 Å². The van der Waals surface area contributed by atoms with Gasteiger partial charge >= 0.3 is 0 Å². The summed E-state index contributed by atoms with van der Waals surface area (Å²) in [5.41, 5.74) is 0. The number of nitrogens with zero attached hydrogens (tertiary/aromatic N) is 1. The van der Waals surface area contributed by atoms with Gasteiger partial charge in [0.1, 0.15) is 0 Å². The van der Waals surface area contributed by atoms with Crippen molar-refractivity contribution in [3.05, 3.63) is 0 Å². The second-order valence-corrected chi connectivity index (χ2v) is 5.27. The van der Waals surface area contributed by atoms with E-state index in [2.05, 4.69) is 22.5 Å². The second kappa shape index (κ2) is 9.81. The zero-order valence-electron chi connectivity index (χ0n) is 11.7. The molecule has 1 unspecified atom stereocenters. The van der Waals surface area contributed by atoms with E-state index in [9.17, 15) is 4.79 Å². The topological polar surface area (TPSA) is 44.4 Å². The second-order valence-electron chi connectivity index (χ2n) is 5.27. The lowest BCUT2D eigenvalue weighted by molar-refractivity contribution is -0.121. The van der Waals surface area contributed by atoms with Crippen molar-refractivity contribution in [3.8, 4) is 0 Å². The maximum absolute atomic E-state index is 11.7. The molecule has 1 amide bonds. The smallest absolute Gasteiger partial charge is 0.220 e. The predicted molar refractivity (Wildman–Crippen MR) is 83.4 cm³/mol. The van der Waals surface area contributed by atoms with E-state index in [-0.39, 0.29) is 30.7 Å². The van der Waals surface area contributed by atoms with E-state index in [4.69, 9.17) is 0 Å². The zero-order chi connectivity index (χ0) is 12.1. The third-order valence-electron chi connectivity index (χ3n) is 3.83. The molecule has 0 radical (unpaired) electrons. The molecule has 1 heterocycles. The molecule has 1 saturated carbocycles. The average molecular weight is 312 g/mol. The van der Waals surface area contributed by atoms with Crippen LogP contribution in [0.25, 0.3) is 0 Å². The third-order valence-corrected chi connectivity index (χ3v) is 3.83. The molecule has 1 saturated heterocycles. The monoisotopic (exact) mass is 311 g/mol. The van der Waals surface area contributed by atoms with Crippen LogP contribution in [0.1, 0.15) is 32.6 Å². The highest BCUT2D eigenvalue weighted by Crippen LogP contribution is 2.25. The van der Waals surface area contributed by atoms with Crippen LogP contribution < -0.4 is 10.6 Å². The Hall–Kier alpha value is -0.0300. The van der Waals surface area contributed by atoms with Crippen LogP contribution in [0.3, 0.4) is 0 Å². The highest BCUT2D eigenvalue weighted by Gasteiger charge is 2.27. The van der Waals surface area contributed by atoms with Crippen molar-refractivity contribution < 1.29 is 4.79 Å². The van der Waals surface area contributed by atoms with Gasteiger partial charge in [0.25, 0.3) is 0 Å². The molecule has 6 heteroatoms. The van der Waals surface area contributed by atoms with Gasteiger partial charge in [0.15, 0.2) is 0 Å². The van der Waals surface area contributed by atoms with Crippen LogP contribution in [0, 0.1) is 5.92 Å². The maximum Gasteiger partial charge on any atom is 0.220 e. The van der Waals surface area contributed by atoms with E-state index in [0.717, 1.165) is 45.2 Å². The minimum absolute atomic E-state index is 0. The molecule has 0 aromatic heterocycles. The molecule has 2 N–H and O–H groups in total. The first-order chi connectivity index (χ1) is 8.29. The molecule has 0 spiro atoms. The van der Waals surface area contributed by atoms with Crippen LogP contribution in [0.5, 0.6) is 0 Å². The molecule has 114 valence electrons. The quantitative estimate of drug-likeness (QED) is 0.747. The number of nitrogens with one attached hydrogen (secondary N) is 2. The lowest BCUT2D eigenvalue weighted by Crippen LogP contribution is -2.36. The van der Waals surface area contributed by atoms with Gasteiger partial charge in [-0.2, -0.15) is 0 Å². The highest BCUT2D eigenvalue weighted by molar-refractivity contribution is 5.85. The molecular weight excluding hydrogens is 285 g/mol. The summed E-state index contributed by atoms with van der Waals surface area (Å²) in [6.45, 7) is 7.20. The molecular formula is C13H27Cl2N3O. The Morgan fingerprint density at radius 1 is 1.32 bits per heavy atom. The highest BCUT2D eigenvalue weighted by atomic mass is 35.5. The molecule has 2 aliphatic rings. The Bertz CT molecular complexity index is 256. The summed E-state index contributed by atoms with van der Waals surface area (Å²) in [6.07, 6.45) is 4.53. The van der Waals surface area contributed by atoms with Gasteiger partial charge in [-0.05, 0) is 44.8 Å². The first-order valence-corrected chi connectivity index (χ1v) is 7.01. The Morgan fingerprint density at radius 3 is 2.58 bits per heavy atom. The van der Waals surface area contributed by atoms with Gasteiger partial charge < -0.3 is 10.6 Å². The molecule has 1 atom stereocenters. The van der Waals surface area contributed by atoms with Crippen molar-refractivity contribution in [2.75, 3.05) is 32.7 Å². The van der Waals surface area contributed by atoms with Gasteiger partial charge in [-0.1, -0.05) is 6.92 Å². The van der Waals surface area contributed by atoms with Crippen LogP contribution in [0.15, 0.2) is 0 Å². The zero-order valence-corrected chi connectivity index (χ0v) is 13.3. The van der Waals surface area contributed by atoms with Gasteiger partial charge in [-0.3, -0.25) is 9.69 Å². The normalized spacial score (nSPS) is 21.7. The molecule has 2 rings (SSSR count). The summed E-state index contributed by atoms with van der Waals surface area (Å²) in [7, 11) is 0. The predicted octanol–water partition coefficient (Wildman–Crippen LogP) is 1.43.